The van der Waals surface area contributed by atoms with E-state index in [1.165, 1.54) is 66.6 Å². The van der Waals surface area contributed by atoms with Crippen LogP contribution in [0, 0.1) is 40.7 Å². The first-order valence-electron chi connectivity index (χ1n) is 31.0. The molecule has 0 spiro atoms. The van der Waals surface area contributed by atoms with Crippen molar-refractivity contribution >= 4 is 64.9 Å². The molecule has 0 bridgehead atoms. The van der Waals surface area contributed by atoms with E-state index < -0.39 is 129 Å². The molecule has 0 aromatic heterocycles. The van der Waals surface area contributed by atoms with E-state index in [1.807, 2.05) is 34.6 Å². The number of aliphatic hydroxyl groups excluding tert-OH is 2. The maximum Gasteiger partial charge on any atom is 0.246 e. The summed E-state index contributed by atoms with van der Waals surface area (Å²) in [6, 6.07) is -6.96. The molecule has 25 heteroatoms. The molecule has 1 aliphatic rings. The van der Waals surface area contributed by atoms with Crippen LogP contribution in [-0.4, -0.2) is 183 Å². The molecule has 1 aliphatic heterocycles. The van der Waals surface area contributed by atoms with Gasteiger partial charge in [0.05, 0.1) is 38.9 Å². The summed E-state index contributed by atoms with van der Waals surface area (Å²) in [5.41, 5.74) is -5.00. The Morgan fingerprint density at radius 2 is 1.16 bits per heavy atom. The summed E-state index contributed by atoms with van der Waals surface area (Å²) in [7, 11) is 2.91. The average Bonchev–Trinajstić information content (AvgIpc) is 3.06. The molecule has 25 nitrogen and oxygen atoms in total. The predicted octanol–water partition coefficient (Wildman–Crippen LogP) is 2.29. The van der Waals surface area contributed by atoms with Crippen LogP contribution >= 0.6 is 0 Å². The van der Waals surface area contributed by atoms with Gasteiger partial charge in [-0.2, -0.15) is 0 Å². The first-order valence-corrected chi connectivity index (χ1v) is 31.0. The number of amides is 10. The molecule has 1 fully saturated rings. The zero-order valence-electron chi connectivity index (χ0n) is 55.9. The molecule has 1 saturated heterocycles. The van der Waals surface area contributed by atoms with Crippen LogP contribution in [0.4, 0.5) is 0 Å². The van der Waals surface area contributed by atoms with Crippen molar-refractivity contribution in [3.8, 4) is 0 Å². The molecule has 1 rings (SSSR count). The second-order valence-corrected chi connectivity index (χ2v) is 27.6. The van der Waals surface area contributed by atoms with Gasteiger partial charge >= 0.3 is 0 Å². The lowest BCUT2D eigenvalue weighted by molar-refractivity contribution is -0.840. The number of likely N-dealkylation sites (tertiary alicyclic amines) is 1. The highest BCUT2D eigenvalue weighted by atomic mass is 16.5. The van der Waals surface area contributed by atoms with E-state index in [9.17, 15) is 68.2 Å². The first-order chi connectivity index (χ1) is 39.9. The summed E-state index contributed by atoms with van der Waals surface area (Å²) in [5.74, 6) is -8.57. The highest BCUT2D eigenvalue weighted by Gasteiger charge is 2.43. The zero-order chi connectivity index (χ0) is 67.3. The maximum absolute atomic E-state index is 14.6. The van der Waals surface area contributed by atoms with Crippen molar-refractivity contribution in [1.82, 2.24) is 52.8 Å². The Labute approximate surface area is 517 Å². The molecule has 0 aromatic rings. The third-order valence-electron chi connectivity index (χ3n) is 15.1. The predicted molar refractivity (Wildman–Crippen MR) is 332 cm³/mol. The van der Waals surface area contributed by atoms with Crippen molar-refractivity contribution in [2.45, 2.75) is 247 Å². The van der Waals surface area contributed by atoms with E-state index >= 15 is 0 Å². The van der Waals surface area contributed by atoms with Crippen LogP contribution < -0.4 is 47.9 Å². The van der Waals surface area contributed by atoms with Crippen molar-refractivity contribution in [1.29, 1.82) is 0 Å². The molecule has 498 valence electrons. The van der Waals surface area contributed by atoms with Gasteiger partial charge in [0.25, 0.3) is 0 Å². The van der Waals surface area contributed by atoms with Crippen LogP contribution in [0.2, 0.25) is 0 Å². The number of nitrogens with zero attached hydrogens (tertiary/aromatic N) is 2. The van der Waals surface area contributed by atoms with Crippen molar-refractivity contribution in [3.05, 3.63) is 17.4 Å². The number of rotatable bonds is 37. The third kappa shape index (κ3) is 28.3. The van der Waals surface area contributed by atoms with Crippen molar-refractivity contribution in [2.24, 2.45) is 35.5 Å². The van der Waals surface area contributed by atoms with E-state index in [4.69, 9.17) is 0 Å². The van der Waals surface area contributed by atoms with Gasteiger partial charge in [0, 0.05) is 32.4 Å². The number of allylic oxidation sites excluding steroid dienone is 1. The number of nitrogens with one attached hydrogen (secondary N) is 9. The largest absolute Gasteiger partial charge is 0.633 e. The lowest BCUT2D eigenvalue weighted by atomic mass is 9.92. The summed E-state index contributed by atoms with van der Waals surface area (Å²) in [6.45, 7) is 30.2. The zero-order valence-corrected chi connectivity index (χ0v) is 55.9. The van der Waals surface area contributed by atoms with Gasteiger partial charge in [-0.1, -0.05) is 88.7 Å². The van der Waals surface area contributed by atoms with Crippen LogP contribution in [0.1, 0.15) is 182 Å². The molecule has 0 saturated carbocycles. The van der Waals surface area contributed by atoms with Gasteiger partial charge in [0.2, 0.25) is 59.1 Å². The van der Waals surface area contributed by atoms with Crippen LogP contribution in [-0.2, 0) is 52.7 Å². The quantitative estimate of drug-likeness (QED) is 0.0242. The van der Waals surface area contributed by atoms with Crippen molar-refractivity contribution < 1.29 is 67.6 Å². The summed E-state index contributed by atoms with van der Waals surface area (Å²) < 4.78 is -0.598. The summed E-state index contributed by atoms with van der Waals surface area (Å²) in [5, 5.41) is 58.4. The second-order valence-electron chi connectivity index (χ2n) is 27.6. The number of Topliss-reactive ketones (excluding diaryl/α,β-unsaturated/α-hetero) is 1. The fraction of sp³-hybridized carbons (Fsp3) is 0.790. The molecule has 11 N–H and O–H groups in total. The average molecular weight is 1230 g/mol. The van der Waals surface area contributed by atoms with Crippen LogP contribution in [0.3, 0.4) is 0 Å². The SMILES string of the molecule is CCC(=O)CC(O)C[C@@H](C)C[C@@H](NC(=O)[C@@H]1C[C@H](C)CN1C(=O)/C=C/[C@H](C)CC)C(=O)N[C@H](C(=O)NC(C)(C)C(=O)N[C@@H](CC(C)C)C(=O)N[C@H](CC(C)C)C(=O)NC(C)(C)C(=O)NC(C)(C)C(=O)NCCC(=O)N[C@@H](C)C[N+](C)(C)[O-])[C@H](O)C(C)C. The van der Waals surface area contributed by atoms with Gasteiger partial charge in [0.15, 0.2) is 0 Å². The van der Waals surface area contributed by atoms with Crippen LogP contribution in [0.25, 0.3) is 0 Å². The van der Waals surface area contributed by atoms with Crippen molar-refractivity contribution in [3.63, 3.8) is 0 Å². The number of carbonyl (C=O) groups is 11. The Morgan fingerprint density at radius 3 is 1.69 bits per heavy atom. The maximum atomic E-state index is 14.6. The lowest BCUT2D eigenvalue weighted by Gasteiger charge is -2.36. The minimum atomic E-state index is -1.83. The van der Waals surface area contributed by atoms with E-state index in [-0.39, 0.29) is 99.3 Å². The Balaban J connectivity index is 3.43. The molecule has 0 radical (unpaired) electrons. The van der Waals surface area contributed by atoms with E-state index in [2.05, 4.69) is 47.9 Å². The number of hydroxylamine groups is 3. The Kier molecular flexibility index (Phi) is 32.0. The summed E-state index contributed by atoms with van der Waals surface area (Å²) >= 11 is 0. The topological polar surface area (TPSA) is 363 Å². The number of hydrogen-bond donors (Lipinski definition) is 11. The Morgan fingerprint density at radius 1 is 0.644 bits per heavy atom. The molecule has 0 aliphatic carbocycles. The third-order valence-corrected chi connectivity index (χ3v) is 15.1. The van der Waals surface area contributed by atoms with Crippen LogP contribution in [0.5, 0.6) is 0 Å². The van der Waals surface area contributed by atoms with E-state index in [0.717, 1.165) is 6.42 Å². The lowest BCUT2D eigenvalue weighted by Crippen LogP contribution is -2.66. The molecule has 87 heavy (non-hydrogen) atoms. The Bertz CT molecular complexity index is 2390. The molecule has 11 atom stereocenters. The second kappa shape index (κ2) is 35.2. The smallest absolute Gasteiger partial charge is 0.246 e. The first kappa shape index (κ1) is 79.0. The van der Waals surface area contributed by atoms with Gasteiger partial charge in [0.1, 0.15) is 52.6 Å². The van der Waals surface area contributed by atoms with Crippen LogP contribution in [0.15, 0.2) is 12.2 Å². The summed E-state index contributed by atoms with van der Waals surface area (Å²) in [6.07, 6.45) is 1.90. The van der Waals surface area contributed by atoms with Crippen molar-refractivity contribution in [2.75, 3.05) is 33.7 Å². The highest BCUT2D eigenvalue weighted by molar-refractivity contribution is 6.00. The van der Waals surface area contributed by atoms with Gasteiger partial charge in [-0.25, -0.2) is 0 Å². The fourth-order valence-corrected chi connectivity index (χ4v) is 9.88. The normalized spacial score (nSPS) is 18.1. The van der Waals surface area contributed by atoms with Gasteiger partial charge in [-0.15, -0.1) is 0 Å². The molecule has 1 heterocycles. The van der Waals surface area contributed by atoms with E-state index in [1.54, 1.807) is 54.5 Å². The van der Waals surface area contributed by atoms with Gasteiger partial charge in [-0.05, 0) is 122 Å². The minimum Gasteiger partial charge on any atom is -0.633 e. The number of quaternary nitrogens is 1. The molecule has 0 aromatic carbocycles. The van der Waals surface area contributed by atoms with E-state index in [0.29, 0.717) is 13.0 Å². The number of ketones is 1. The van der Waals surface area contributed by atoms with Gasteiger partial charge < -0.3 is 72.8 Å². The number of likely N-dealkylation sites (N-methyl/N-ethyl adjacent to an activating group) is 1. The minimum absolute atomic E-state index is 0.0535. The molecule has 10 amide bonds. The monoisotopic (exact) mass is 1230 g/mol. The highest BCUT2D eigenvalue weighted by Crippen LogP contribution is 2.25. The molecular weight excluding hydrogens is 1120 g/mol. The number of carbonyl (C=O) groups excluding carboxylic acids is 11. The number of aliphatic hydroxyl groups is 2. The molecule has 1 unspecified atom stereocenters. The van der Waals surface area contributed by atoms with Gasteiger partial charge in [-0.3, -0.25) is 52.7 Å². The summed E-state index contributed by atoms with van der Waals surface area (Å²) in [4.78, 5) is 152. The Hall–Kier alpha value is -6.05. The standard InChI is InChI=1S/C62H111N11O14/c1-21-38(9)23-24-49(77)72-33-40(11)31-47(72)55(82)66-46(30-39(10)29-43(75)32-42(74)22-2)53(80)68-50(51(78)37(7)8)56(83)70-61(15,16)58(85)67-44(27-35(3)4)52(79)65-45(28-36(5)6)54(81)69-62(17,18)59(86)71-60(13,14)57(84)63-26-25-48(76)64-41(12)34-73(19,20)87/h23-24,35-41,43-47,50-51,75,78H,21-22,25-34H2,1-20H3,(H,63,84)(H,64,76)(H,65,79)(H,66,82)(H,67,85)(H,68,80)(H,69,81)(H,70,83)(H,71,86)/b24-23+/t38-,39-,40+,41+,43?,44+,45-,46-,47+,50+,51-/m1/s1. The fourth-order valence-electron chi connectivity index (χ4n) is 9.88. The number of hydrogen-bond acceptors (Lipinski definition) is 14. The molecular formula is C62H111N11O14.